The standard InChI is InChI=1S/C17H21ClN4S/c1-23-9-3-5-12-4-2-6-14(10-12)21-17-19-11-15(18)16(22-17)20-13-7-8-13/h2,4,6,10-11,13H,3,5,7-9H2,1H3,(H2,19,20,21,22). The van der Waals surface area contributed by atoms with Gasteiger partial charge in [0.1, 0.15) is 5.02 Å². The van der Waals surface area contributed by atoms with E-state index in [2.05, 4.69) is 45.1 Å². The van der Waals surface area contributed by atoms with Crippen molar-refractivity contribution in [1.29, 1.82) is 0 Å². The maximum atomic E-state index is 6.15. The summed E-state index contributed by atoms with van der Waals surface area (Å²) in [5, 5.41) is 7.16. The predicted molar refractivity (Wildman–Crippen MR) is 100 cm³/mol. The van der Waals surface area contributed by atoms with Crippen LogP contribution in [0, 0.1) is 0 Å². The Morgan fingerprint density at radius 2 is 2.22 bits per heavy atom. The summed E-state index contributed by atoms with van der Waals surface area (Å²) in [5.41, 5.74) is 2.33. The molecular formula is C17H21ClN4S. The zero-order valence-electron chi connectivity index (χ0n) is 13.2. The summed E-state index contributed by atoms with van der Waals surface area (Å²) in [6.45, 7) is 0. The SMILES string of the molecule is CSCCCc1cccc(Nc2ncc(Cl)c(NC3CC3)n2)c1. The summed E-state index contributed by atoms with van der Waals surface area (Å²) in [6.07, 6.45) is 8.43. The minimum Gasteiger partial charge on any atom is -0.366 e. The van der Waals surface area contributed by atoms with E-state index in [0.29, 0.717) is 22.8 Å². The first-order valence-electron chi connectivity index (χ1n) is 7.88. The molecule has 4 nitrogen and oxygen atoms in total. The Morgan fingerprint density at radius 3 is 3.00 bits per heavy atom. The van der Waals surface area contributed by atoms with Crippen molar-refractivity contribution < 1.29 is 0 Å². The van der Waals surface area contributed by atoms with Gasteiger partial charge in [-0.05, 0) is 55.4 Å². The lowest BCUT2D eigenvalue weighted by Gasteiger charge is -2.10. The van der Waals surface area contributed by atoms with Crippen molar-refractivity contribution in [2.45, 2.75) is 31.7 Å². The van der Waals surface area contributed by atoms with E-state index in [-0.39, 0.29) is 0 Å². The molecule has 0 radical (unpaired) electrons. The second-order valence-corrected chi connectivity index (χ2v) is 7.12. The number of hydrogen-bond donors (Lipinski definition) is 2. The van der Waals surface area contributed by atoms with Crippen molar-refractivity contribution in [3.63, 3.8) is 0 Å². The van der Waals surface area contributed by atoms with Crippen LogP contribution in [0.15, 0.2) is 30.5 Å². The lowest BCUT2D eigenvalue weighted by Crippen LogP contribution is -2.06. The van der Waals surface area contributed by atoms with Gasteiger partial charge in [-0.15, -0.1) is 0 Å². The average Bonchev–Trinajstić information content (AvgIpc) is 3.35. The van der Waals surface area contributed by atoms with Crippen LogP contribution in [0.4, 0.5) is 17.5 Å². The van der Waals surface area contributed by atoms with Crippen molar-refractivity contribution in [3.05, 3.63) is 41.0 Å². The van der Waals surface area contributed by atoms with Gasteiger partial charge in [-0.2, -0.15) is 16.7 Å². The highest BCUT2D eigenvalue weighted by molar-refractivity contribution is 7.98. The molecule has 0 spiro atoms. The minimum atomic E-state index is 0.509. The number of hydrogen-bond acceptors (Lipinski definition) is 5. The fraction of sp³-hybridized carbons (Fsp3) is 0.412. The van der Waals surface area contributed by atoms with Crippen LogP contribution >= 0.6 is 23.4 Å². The molecule has 1 aliphatic carbocycles. The molecule has 1 aliphatic rings. The first-order valence-corrected chi connectivity index (χ1v) is 9.66. The van der Waals surface area contributed by atoms with Gasteiger partial charge in [0.2, 0.25) is 5.95 Å². The summed E-state index contributed by atoms with van der Waals surface area (Å²) in [7, 11) is 0. The van der Waals surface area contributed by atoms with Crippen molar-refractivity contribution in [2.75, 3.05) is 22.6 Å². The highest BCUT2D eigenvalue weighted by Crippen LogP contribution is 2.28. The molecule has 2 N–H and O–H groups in total. The fourth-order valence-corrected chi connectivity index (χ4v) is 2.88. The summed E-state index contributed by atoms with van der Waals surface area (Å²) >= 11 is 8.04. The largest absolute Gasteiger partial charge is 0.366 e. The average molecular weight is 349 g/mol. The molecule has 0 saturated heterocycles. The Labute approximate surface area is 146 Å². The summed E-state index contributed by atoms with van der Waals surface area (Å²) in [6, 6.07) is 8.93. The second kappa shape index (κ2) is 7.88. The van der Waals surface area contributed by atoms with Gasteiger partial charge in [-0.1, -0.05) is 23.7 Å². The molecule has 6 heteroatoms. The molecule has 0 unspecified atom stereocenters. The molecule has 0 aliphatic heterocycles. The van der Waals surface area contributed by atoms with E-state index < -0.39 is 0 Å². The molecule has 1 heterocycles. The quantitative estimate of drug-likeness (QED) is 0.674. The topological polar surface area (TPSA) is 49.8 Å². The van der Waals surface area contributed by atoms with Gasteiger partial charge in [-0.3, -0.25) is 0 Å². The van der Waals surface area contributed by atoms with Crippen LogP contribution in [-0.2, 0) is 6.42 Å². The Kier molecular flexibility index (Phi) is 5.62. The fourth-order valence-electron chi connectivity index (χ4n) is 2.30. The molecule has 1 aromatic heterocycles. The number of nitrogens with one attached hydrogen (secondary N) is 2. The highest BCUT2D eigenvalue weighted by Gasteiger charge is 2.22. The number of aromatic nitrogens is 2. The van der Waals surface area contributed by atoms with Crippen molar-refractivity contribution in [2.24, 2.45) is 0 Å². The molecule has 0 bridgehead atoms. The van der Waals surface area contributed by atoms with Gasteiger partial charge < -0.3 is 10.6 Å². The second-order valence-electron chi connectivity index (χ2n) is 5.73. The third-order valence-electron chi connectivity index (χ3n) is 3.66. The monoisotopic (exact) mass is 348 g/mol. The number of thioether (sulfide) groups is 1. The van der Waals surface area contributed by atoms with Gasteiger partial charge in [0.15, 0.2) is 5.82 Å². The van der Waals surface area contributed by atoms with Crippen LogP contribution in [0.5, 0.6) is 0 Å². The third kappa shape index (κ3) is 5.01. The number of aryl methyl sites for hydroxylation is 1. The molecule has 0 amide bonds. The van der Waals surface area contributed by atoms with E-state index in [4.69, 9.17) is 11.6 Å². The first-order chi connectivity index (χ1) is 11.2. The normalized spacial score (nSPS) is 13.8. The van der Waals surface area contributed by atoms with Crippen LogP contribution < -0.4 is 10.6 Å². The molecule has 3 rings (SSSR count). The zero-order valence-corrected chi connectivity index (χ0v) is 14.8. The van der Waals surface area contributed by atoms with E-state index in [1.165, 1.54) is 30.6 Å². The van der Waals surface area contributed by atoms with Gasteiger partial charge in [0.05, 0.1) is 6.20 Å². The van der Waals surface area contributed by atoms with Crippen LogP contribution in [0.2, 0.25) is 5.02 Å². The van der Waals surface area contributed by atoms with Gasteiger partial charge >= 0.3 is 0 Å². The molecular weight excluding hydrogens is 328 g/mol. The molecule has 1 fully saturated rings. The summed E-state index contributed by atoms with van der Waals surface area (Å²) in [5.74, 6) is 2.47. The predicted octanol–water partition coefficient (Wildman–Crippen LogP) is 4.74. The molecule has 122 valence electrons. The summed E-state index contributed by atoms with van der Waals surface area (Å²) < 4.78 is 0. The lowest BCUT2D eigenvalue weighted by atomic mass is 10.1. The smallest absolute Gasteiger partial charge is 0.229 e. The molecule has 2 aromatic rings. The number of benzene rings is 1. The van der Waals surface area contributed by atoms with Crippen LogP contribution in [-0.4, -0.2) is 28.0 Å². The van der Waals surface area contributed by atoms with E-state index in [9.17, 15) is 0 Å². The van der Waals surface area contributed by atoms with Crippen LogP contribution in [0.1, 0.15) is 24.8 Å². The Balaban J connectivity index is 1.67. The zero-order chi connectivity index (χ0) is 16.1. The van der Waals surface area contributed by atoms with Crippen LogP contribution in [0.25, 0.3) is 0 Å². The van der Waals surface area contributed by atoms with Crippen molar-refractivity contribution in [3.8, 4) is 0 Å². The van der Waals surface area contributed by atoms with Gasteiger partial charge in [0, 0.05) is 11.7 Å². The van der Waals surface area contributed by atoms with E-state index in [1.54, 1.807) is 6.20 Å². The van der Waals surface area contributed by atoms with Gasteiger partial charge in [-0.25, -0.2) is 4.98 Å². The van der Waals surface area contributed by atoms with Crippen molar-refractivity contribution in [1.82, 2.24) is 9.97 Å². The number of anilines is 3. The molecule has 0 atom stereocenters. The van der Waals surface area contributed by atoms with E-state index >= 15 is 0 Å². The third-order valence-corrected chi connectivity index (χ3v) is 4.63. The minimum absolute atomic E-state index is 0.509. The Hall–Kier alpha value is -1.46. The number of halogens is 1. The maximum absolute atomic E-state index is 6.15. The molecule has 1 aromatic carbocycles. The number of rotatable bonds is 8. The van der Waals surface area contributed by atoms with Gasteiger partial charge in [0.25, 0.3) is 0 Å². The summed E-state index contributed by atoms with van der Waals surface area (Å²) in [4.78, 5) is 8.75. The maximum Gasteiger partial charge on any atom is 0.229 e. The lowest BCUT2D eigenvalue weighted by molar-refractivity contribution is 0.934. The number of nitrogens with zero attached hydrogens (tertiary/aromatic N) is 2. The van der Waals surface area contributed by atoms with Crippen LogP contribution in [0.3, 0.4) is 0 Å². The Morgan fingerprint density at radius 1 is 1.35 bits per heavy atom. The van der Waals surface area contributed by atoms with Crippen molar-refractivity contribution >= 4 is 40.8 Å². The van der Waals surface area contributed by atoms with E-state index in [1.807, 2.05) is 17.8 Å². The molecule has 1 saturated carbocycles. The highest BCUT2D eigenvalue weighted by atomic mass is 35.5. The van der Waals surface area contributed by atoms with E-state index in [0.717, 1.165) is 12.1 Å². The Bertz CT molecular complexity index is 661. The molecule has 23 heavy (non-hydrogen) atoms. The first kappa shape index (κ1) is 16.4.